The van der Waals surface area contributed by atoms with Gasteiger partial charge >= 0.3 is 0 Å². The number of rotatable bonds is 7. The molecule has 0 bridgehead atoms. The van der Waals surface area contributed by atoms with Gasteiger partial charge in [0.25, 0.3) is 5.91 Å². The number of nitrogens with zero attached hydrogens (tertiary/aromatic N) is 2. The van der Waals surface area contributed by atoms with Gasteiger partial charge in [0.05, 0.1) is 12.3 Å². The minimum atomic E-state index is -0.587. The maximum absolute atomic E-state index is 12.8. The van der Waals surface area contributed by atoms with Crippen molar-refractivity contribution in [2.45, 2.75) is 19.3 Å². The minimum absolute atomic E-state index is 0.0284. The van der Waals surface area contributed by atoms with E-state index in [2.05, 4.69) is 16.0 Å². The molecule has 9 heteroatoms. The molecule has 1 heterocycles. The number of ether oxygens (including phenoxy) is 1. The van der Waals surface area contributed by atoms with Crippen LogP contribution < -0.4 is 15.6 Å². The molecule has 1 aliphatic heterocycles. The molecule has 156 valence electrons. The molecule has 0 radical (unpaired) electrons. The van der Waals surface area contributed by atoms with Crippen LogP contribution in [0, 0.1) is 5.82 Å². The Hall–Kier alpha value is -3.75. The van der Waals surface area contributed by atoms with E-state index in [1.165, 1.54) is 29.3 Å². The van der Waals surface area contributed by atoms with Crippen molar-refractivity contribution in [2.75, 3.05) is 13.2 Å². The Labute approximate surface area is 172 Å². The number of hydrazone groups is 1. The number of halogens is 1. The fourth-order valence-electron chi connectivity index (χ4n) is 2.74. The molecule has 0 unspecified atom stereocenters. The van der Waals surface area contributed by atoms with E-state index >= 15 is 0 Å². The zero-order valence-corrected chi connectivity index (χ0v) is 16.1. The number of hydrogen-bond donors (Lipinski definition) is 2. The van der Waals surface area contributed by atoms with Crippen LogP contribution in [0.4, 0.5) is 4.39 Å². The maximum Gasteiger partial charge on any atom is 0.276 e. The molecule has 0 saturated carbocycles. The van der Waals surface area contributed by atoms with Crippen molar-refractivity contribution in [3.63, 3.8) is 0 Å². The zero-order chi connectivity index (χ0) is 21.3. The minimum Gasteiger partial charge on any atom is -0.484 e. The van der Waals surface area contributed by atoms with Crippen molar-refractivity contribution in [1.29, 1.82) is 0 Å². The molecular weight excluding hydrogens is 391 g/mol. The van der Waals surface area contributed by atoms with Crippen molar-refractivity contribution in [1.82, 2.24) is 15.9 Å². The molecule has 1 aliphatic rings. The summed E-state index contributed by atoms with van der Waals surface area (Å²) in [4.78, 5) is 35.8. The maximum atomic E-state index is 12.8. The molecule has 0 saturated heterocycles. The second kappa shape index (κ2) is 10.1. The van der Waals surface area contributed by atoms with E-state index in [4.69, 9.17) is 4.74 Å². The molecule has 2 N–H and O–H groups in total. The molecule has 8 nitrogen and oxygen atoms in total. The lowest BCUT2D eigenvalue weighted by Crippen LogP contribution is -2.44. The third kappa shape index (κ3) is 6.13. The second-order valence-electron chi connectivity index (χ2n) is 6.52. The fourth-order valence-corrected chi connectivity index (χ4v) is 2.74. The fraction of sp³-hybridized carbons (Fsp3) is 0.238. The highest BCUT2D eigenvalue weighted by Gasteiger charge is 2.22. The summed E-state index contributed by atoms with van der Waals surface area (Å²) in [6.45, 7) is 0.123. The van der Waals surface area contributed by atoms with Gasteiger partial charge in [-0.25, -0.2) is 9.40 Å². The van der Waals surface area contributed by atoms with Gasteiger partial charge in [0.15, 0.2) is 6.61 Å². The van der Waals surface area contributed by atoms with Gasteiger partial charge in [-0.15, -0.1) is 0 Å². The van der Waals surface area contributed by atoms with Crippen molar-refractivity contribution < 1.29 is 23.5 Å². The number of hydrogen-bond acceptors (Lipinski definition) is 5. The summed E-state index contributed by atoms with van der Waals surface area (Å²) in [5.41, 5.74) is 6.22. The van der Waals surface area contributed by atoms with E-state index in [1.807, 2.05) is 30.3 Å². The standard InChI is InChI=1S/C21H21FN4O4/c22-16-6-8-17(9-7-16)30-14-20(28)24-23-19(27)10-11-21(29)26-13-12-18(25-26)15-4-2-1-3-5-15/h1-9H,10-14H2,(H,23,27)(H,24,28). The van der Waals surface area contributed by atoms with E-state index in [9.17, 15) is 18.8 Å². The van der Waals surface area contributed by atoms with E-state index in [0.29, 0.717) is 18.7 Å². The summed E-state index contributed by atoms with van der Waals surface area (Å²) in [6, 6.07) is 14.8. The van der Waals surface area contributed by atoms with Crippen LogP contribution in [-0.2, 0) is 14.4 Å². The molecule has 2 aromatic rings. The van der Waals surface area contributed by atoms with Crippen LogP contribution in [0.15, 0.2) is 59.7 Å². The monoisotopic (exact) mass is 412 g/mol. The number of carbonyl (C=O) groups is 3. The summed E-state index contributed by atoms with van der Waals surface area (Å²) in [5, 5.41) is 5.69. The van der Waals surface area contributed by atoms with Crippen LogP contribution in [0.1, 0.15) is 24.8 Å². The lowest BCUT2D eigenvalue weighted by Gasteiger charge is -2.12. The summed E-state index contributed by atoms with van der Waals surface area (Å²) in [6.07, 6.45) is 0.538. The first-order chi connectivity index (χ1) is 14.5. The molecule has 0 atom stereocenters. The SMILES string of the molecule is O=C(CCC(=O)N1CCC(c2ccccc2)=N1)NNC(=O)COc1ccc(F)cc1. The zero-order valence-electron chi connectivity index (χ0n) is 16.1. The molecule has 30 heavy (non-hydrogen) atoms. The molecule has 0 spiro atoms. The number of hydrazine groups is 1. The number of carbonyl (C=O) groups excluding carboxylic acids is 3. The van der Waals surface area contributed by atoms with Crippen LogP contribution in [0.3, 0.4) is 0 Å². The third-order valence-corrected chi connectivity index (χ3v) is 4.29. The summed E-state index contributed by atoms with van der Waals surface area (Å²) >= 11 is 0. The molecule has 0 fully saturated rings. The normalized spacial score (nSPS) is 12.8. The first-order valence-electron chi connectivity index (χ1n) is 9.40. The Kier molecular flexibility index (Phi) is 7.09. The Morgan fingerprint density at radius 1 is 0.967 bits per heavy atom. The van der Waals surface area contributed by atoms with Crippen LogP contribution in [0.2, 0.25) is 0 Å². The Bertz CT molecular complexity index is 932. The Morgan fingerprint density at radius 2 is 1.67 bits per heavy atom. The molecule has 2 aromatic carbocycles. The van der Waals surface area contributed by atoms with Gasteiger partial charge in [0, 0.05) is 19.3 Å². The van der Waals surface area contributed by atoms with Crippen LogP contribution in [-0.4, -0.2) is 41.6 Å². The number of amides is 3. The molecule has 0 aromatic heterocycles. The van der Waals surface area contributed by atoms with Crippen LogP contribution in [0.25, 0.3) is 0 Å². The van der Waals surface area contributed by atoms with Gasteiger partial charge < -0.3 is 4.74 Å². The lowest BCUT2D eigenvalue weighted by atomic mass is 10.1. The topological polar surface area (TPSA) is 100 Å². The highest BCUT2D eigenvalue weighted by molar-refractivity contribution is 6.02. The average Bonchev–Trinajstić information content (AvgIpc) is 3.27. The van der Waals surface area contributed by atoms with Gasteiger partial charge in [0.1, 0.15) is 11.6 Å². The highest BCUT2D eigenvalue weighted by atomic mass is 19.1. The molecule has 3 amide bonds. The van der Waals surface area contributed by atoms with Gasteiger partial charge in [-0.1, -0.05) is 30.3 Å². The summed E-state index contributed by atoms with van der Waals surface area (Å²) in [7, 11) is 0. The molecular formula is C21H21FN4O4. The van der Waals surface area contributed by atoms with Gasteiger partial charge in [-0.05, 0) is 29.8 Å². The van der Waals surface area contributed by atoms with Crippen molar-refractivity contribution in [3.8, 4) is 5.75 Å². The Balaban J connectivity index is 1.35. The van der Waals surface area contributed by atoms with Crippen molar-refractivity contribution >= 4 is 23.4 Å². The molecule has 0 aliphatic carbocycles. The summed E-state index contributed by atoms with van der Waals surface area (Å²) < 4.78 is 18.0. The smallest absolute Gasteiger partial charge is 0.276 e. The quantitative estimate of drug-likeness (QED) is 0.677. The largest absolute Gasteiger partial charge is 0.484 e. The second-order valence-corrected chi connectivity index (χ2v) is 6.52. The molecule has 3 rings (SSSR count). The van der Waals surface area contributed by atoms with Crippen LogP contribution in [0.5, 0.6) is 5.75 Å². The van der Waals surface area contributed by atoms with Crippen molar-refractivity contribution in [2.24, 2.45) is 5.10 Å². The van der Waals surface area contributed by atoms with Crippen LogP contribution >= 0.6 is 0 Å². The average molecular weight is 412 g/mol. The Morgan fingerprint density at radius 3 is 2.40 bits per heavy atom. The van der Waals surface area contributed by atoms with E-state index in [-0.39, 0.29) is 25.4 Å². The first kappa shape index (κ1) is 21.0. The highest BCUT2D eigenvalue weighted by Crippen LogP contribution is 2.15. The first-order valence-corrected chi connectivity index (χ1v) is 9.40. The van der Waals surface area contributed by atoms with Gasteiger partial charge in [-0.2, -0.15) is 5.10 Å². The van der Waals surface area contributed by atoms with E-state index < -0.39 is 17.6 Å². The number of benzene rings is 2. The number of nitrogens with one attached hydrogen (secondary N) is 2. The predicted octanol–water partition coefficient (Wildman–Crippen LogP) is 1.77. The van der Waals surface area contributed by atoms with Crippen molar-refractivity contribution in [3.05, 3.63) is 66.0 Å². The van der Waals surface area contributed by atoms with E-state index in [0.717, 1.165) is 11.3 Å². The predicted molar refractivity (Wildman–Crippen MR) is 107 cm³/mol. The summed E-state index contributed by atoms with van der Waals surface area (Å²) in [5.74, 6) is -1.45. The lowest BCUT2D eigenvalue weighted by molar-refractivity contribution is -0.134. The van der Waals surface area contributed by atoms with E-state index in [1.54, 1.807) is 0 Å². The van der Waals surface area contributed by atoms with Gasteiger partial charge in [0.2, 0.25) is 11.8 Å². The van der Waals surface area contributed by atoms with Gasteiger partial charge in [-0.3, -0.25) is 25.2 Å². The third-order valence-electron chi connectivity index (χ3n) is 4.29.